The third-order valence-electron chi connectivity index (χ3n) is 9.00. The van der Waals surface area contributed by atoms with E-state index in [1.165, 1.54) is 51.4 Å². The number of benzene rings is 2. The Morgan fingerprint density at radius 3 is 2.00 bits per heavy atom. The molecule has 1 N–H and O–H groups in total. The lowest BCUT2D eigenvalue weighted by Crippen LogP contribution is -2.46. The molecule has 0 amide bonds. The monoisotopic (exact) mass is 401 g/mol. The summed E-state index contributed by atoms with van der Waals surface area (Å²) in [7, 11) is 0. The summed E-state index contributed by atoms with van der Waals surface area (Å²) in [4.78, 5) is 2.71. The van der Waals surface area contributed by atoms with Crippen LogP contribution in [-0.2, 0) is 5.41 Å². The predicted molar refractivity (Wildman–Crippen MR) is 122 cm³/mol. The van der Waals surface area contributed by atoms with Gasteiger partial charge in [-0.25, -0.2) is 0 Å². The molecule has 0 radical (unpaired) electrons. The van der Waals surface area contributed by atoms with Crippen LogP contribution < -0.4 is 0 Å². The minimum atomic E-state index is -0.0607. The van der Waals surface area contributed by atoms with Crippen molar-refractivity contribution < 1.29 is 5.11 Å². The van der Waals surface area contributed by atoms with Gasteiger partial charge in [0.05, 0.1) is 6.10 Å². The number of hydrogen-bond acceptors (Lipinski definition) is 2. The second-order valence-corrected chi connectivity index (χ2v) is 10.5. The molecule has 2 aromatic carbocycles. The van der Waals surface area contributed by atoms with Gasteiger partial charge in [0, 0.05) is 17.9 Å². The van der Waals surface area contributed by atoms with Gasteiger partial charge < -0.3 is 10.0 Å². The van der Waals surface area contributed by atoms with Gasteiger partial charge in [0.1, 0.15) is 0 Å². The van der Waals surface area contributed by atoms with Crippen molar-refractivity contribution in [2.75, 3.05) is 19.6 Å². The fourth-order valence-electron chi connectivity index (χ4n) is 7.50. The summed E-state index contributed by atoms with van der Waals surface area (Å²) in [5, 5.41) is 11.0. The van der Waals surface area contributed by atoms with Gasteiger partial charge in [-0.15, -0.1) is 0 Å². The molecule has 2 bridgehead atoms. The molecule has 1 aliphatic heterocycles. The average Bonchev–Trinajstić information content (AvgIpc) is 3.32. The molecule has 2 fully saturated rings. The van der Waals surface area contributed by atoms with Gasteiger partial charge in [-0.3, -0.25) is 0 Å². The van der Waals surface area contributed by atoms with E-state index in [0.717, 1.165) is 19.6 Å². The van der Waals surface area contributed by atoms with Gasteiger partial charge in [-0.1, -0.05) is 67.8 Å². The Kier molecular flexibility index (Phi) is 4.77. The van der Waals surface area contributed by atoms with Crippen LogP contribution in [0.4, 0.5) is 0 Å². The molecule has 2 heteroatoms. The fourth-order valence-corrected chi connectivity index (χ4v) is 7.50. The van der Waals surface area contributed by atoms with Crippen molar-refractivity contribution in [3.8, 4) is 0 Å². The molecule has 6 rings (SSSR count). The Labute approximate surface area is 181 Å². The Bertz CT molecular complexity index is 859. The fraction of sp³-hybridized carbons (Fsp3) is 0.571. The van der Waals surface area contributed by atoms with Crippen LogP contribution in [-0.4, -0.2) is 35.7 Å². The zero-order chi connectivity index (χ0) is 20.1. The van der Waals surface area contributed by atoms with E-state index in [0.29, 0.717) is 17.8 Å². The predicted octanol–water partition coefficient (Wildman–Crippen LogP) is 5.47. The van der Waals surface area contributed by atoms with Crippen LogP contribution in [0.15, 0.2) is 48.5 Å². The zero-order valence-electron chi connectivity index (χ0n) is 18.1. The van der Waals surface area contributed by atoms with Crippen molar-refractivity contribution >= 4 is 0 Å². The summed E-state index contributed by atoms with van der Waals surface area (Å²) in [6.45, 7) is 3.43. The van der Waals surface area contributed by atoms with Crippen molar-refractivity contribution in [2.45, 2.75) is 68.8 Å². The Morgan fingerprint density at radius 1 is 0.800 bits per heavy atom. The number of aliphatic hydroxyl groups is 1. The van der Waals surface area contributed by atoms with E-state index < -0.39 is 0 Å². The van der Waals surface area contributed by atoms with Crippen molar-refractivity contribution in [3.63, 3.8) is 0 Å². The minimum Gasteiger partial charge on any atom is -0.393 e. The number of aliphatic hydroxyl groups excluding tert-OH is 1. The van der Waals surface area contributed by atoms with E-state index in [-0.39, 0.29) is 11.5 Å². The smallest absolute Gasteiger partial charge is 0.0597 e. The standard InChI is InChI=1S/C28H35NO/c30-27(20-8-2-1-3-9-20)21-14-16-29(17-15-21)19-28-18-24(22-10-4-6-12-25(22)28)23-11-5-7-13-26(23)28/h4-7,10-13,20-21,24,27,30H,1-3,8-9,14-19H2/t24?,27-,28?/m1/s1. The van der Waals surface area contributed by atoms with E-state index in [1.807, 2.05) is 0 Å². The lowest BCUT2D eigenvalue weighted by Gasteiger charge is -2.42. The van der Waals surface area contributed by atoms with Crippen molar-refractivity contribution in [3.05, 3.63) is 70.8 Å². The average molecular weight is 402 g/mol. The summed E-state index contributed by atoms with van der Waals surface area (Å²) in [6, 6.07) is 18.4. The van der Waals surface area contributed by atoms with E-state index in [4.69, 9.17) is 0 Å². The lowest BCUT2D eigenvalue weighted by atomic mass is 9.74. The number of nitrogens with zero attached hydrogens (tertiary/aromatic N) is 1. The van der Waals surface area contributed by atoms with Crippen molar-refractivity contribution in [2.24, 2.45) is 11.8 Å². The molecule has 0 aromatic heterocycles. The van der Waals surface area contributed by atoms with E-state index >= 15 is 0 Å². The second-order valence-electron chi connectivity index (χ2n) is 10.5. The maximum absolute atomic E-state index is 11.0. The third kappa shape index (κ3) is 2.91. The SMILES string of the molecule is O[C@H](C1CCCCC1)C1CCN(CC23CC(c4ccccc42)c2ccccc23)CC1. The van der Waals surface area contributed by atoms with Crippen LogP contribution in [0.25, 0.3) is 0 Å². The van der Waals surface area contributed by atoms with E-state index in [2.05, 4.69) is 53.4 Å². The topological polar surface area (TPSA) is 23.5 Å². The van der Waals surface area contributed by atoms with Gasteiger partial charge in [0.25, 0.3) is 0 Å². The van der Waals surface area contributed by atoms with Crippen LogP contribution >= 0.6 is 0 Å². The quantitative estimate of drug-likeness (QED) is 0.734. The molecule has 30 heavy (non-hydrogen) atoms. The zero-order valence-corrected chi connectivity index (χ0v) is 18.1. The van der Waals surface area contributed by atoms with Crippen LogP contribution in [0.1, 0.15) is 79.5 Å². The first-order chi connectivity index (χ1) is 14.8. The van der Waals surface area contributed by atoms with Crippen LogP contribution in [0.3, 0.4) is 0 Å². The van der Waals surface area contributed by atoms with Gasteiger partial charge >= 0.3 is 0 Å². The highest BCUT2D eigenvalue weighted by atomic mass is 16.3. The van der Waals surface area contributed by atoms with Gasteiger partial charge in [-0.2, -0.15) is 0 Å². The number of fused-ring (bicyclic) bond motifs is 8. The van der Waals surface area contributed by atoms with E-state index in [9.17, 15) is 5.11 Å². The minimum absolute atomic E-state index is 0.0607. The molecule has 0 unspecified atom stereocenters. The molecule has 1 heterocycles. The van der Waals surface area contributed by atoms with Gasteiger partial charge in [0.15, 0.2) is 0 Å². The molecule has 158 valence electrons. The molecule has 1 saturated carbocycles. The van der Waals surface area contributed by atoms with Gasteiger partial charge in [0.2, 0.25) is 0 Å². The molecule has 3 aliphatic carbocycles. The largest absolute Gasteiger partial charge is 0.393 e. The van der Waals surface area contributed by atoms with Crippen LogP contribution in [0, 0.1) is 11.8 Å². The highest BCUT2D eigenvalue weighted by molar-refractivity contribution is 5.62. The summed E-state index contributed by atoms with van der Waals surface area (Å²) in [5.74, 6) is 1.67. The highest BCUT2D eigenvalue weighted by Gasteiger charge is 2.53. The highest BCUT2D eigenvalue weighted by Crippen LogP contribution is 2.60. The number of rotatable bonds is 4. The van der Waals surface area contributed by atoms with Crippen molar-refractivity contribution in [1.82, 2.24) is 4.90 Å². The third-order valence-corrected chi connectivity index (χ3v) is 9.00. The second kappa shape index (κ2) is 7.50. The summed E-state index contributed by atoms with van der Waals surface area (Å²) >= 11 is 0. The molecule has 2 aromatic rings. The van der Waals surface area contributed by atoms with Crippen molar-refractivity contribution in [1.29, 1.82) is 0 Å². The van der Waals surface area contributed by atoms with Crippen LogP contribution in [0.2, 0.25) is 0 Å². The molecule has 1 saturated heterocycles. The Hall–Kier alpha value is -1.64. The molecular formula is C28H35NO. The Balaban J connectivity index is 1.20. The number of hydrogen-bond donors (Lipinski definition) is 1. The summed E-state index contributed by atoms with van der Waals surface area (Å²) in [6.07, 6.45) is 10.0. The normalized spacial score (nSPS) is 30.2. The maximum atomic E-state index is 11.0. The molecule has 4 aliphatic rings. The number of piperidine rings is 1. The lowest BCUT2D eigenvalue weighted by molar-refractivity contribution is 0.00330. The molecular weight excluding hydrogens is 366 g/mol. The molecule has 0 spiro atoms. The summed E-state index contributed by atoms with van der Waals surface area (Å²) in [5.41, 5.74) is 6.47. The van der Waals surface area contributed by atoms with Crippen LogP contribution in [0.5, 0.6) is 0 Å². The molecule has 1 atom stereocenters. The molecule has 2 nitrogen and oxygen atoms in total. The summed E-state index contributed by atoms with van der Waals surface area (Å²) < 4.78 is 0. The first kappa shape index (κ1) is 19.1. The number of likely N-dealkylation sites (tertiary alicyclic amines) is 1. The van der Waals surface area contributed by atoms with E-state index in [1.54, 1.807) is 22.3 Å². The maximum Gasteiger partial charge on any atom is 0.0597 e. The van der Waals surface area contributed by atoms with Gasteiger partial charge in [-0.05, 0) is 79.3 Å². The first-order valence-electron chi connectivity index (χ1n) is 12.4. The Morgan fingerprint density at radius 2 is 1.37 bits per heavy atom. The first-order valence-corrected chi connectivity index (χ1v) is 12.4.